The molecule has 1 rings (SSSR count). The van der Waals surface area contributed by atoms with Gasteiger partial charge >= 0.3 is 0 Å². The maximum absolute atomic E-state index is 13.0. The molecule has 392 valence electrons. The van der Waals surface area contributed by atoms with E-state index in [2.05, 4.69) is 55.6 Å². The molecule has 0 aromatic heterocycles. The Balaban J connectivity index is 2.19. The first-order valence-corrected chi connectivity index (χ1v) is 28.4. The van der Waals surface area contributed by atoms with Crippen LogP contribution in [0.4, 0.5) is 0 Å². The second-order valence-electron chi connectivity index (χ2n) is 19.7. The van der Waals surface area contributed by atoms with Crippen LogP contribution in [-0.2, 0) is 14.3 Å². The van der Waals surface area contributed by atoms with E-state index in [9.17, 15) is 30.3 Å². The summed E-state index contributed by atoms with van der Waals surface area (Å²) in [5.74, 6) is -0.201. The second-order valence-corrected chi connectivity index (χ2v) is 19.7. The number of amides is 1. The molecule has 6 N–H and O–H groups in total. The van der Waals surface area contributed by atoms with Crippen LogP contribution in [-0.4, -0.2) is 87.5 Å². The molecule has 0 radical (unpaired) electrons. The maximum Gasteiger partial charge on any atom is 0.220 e. The average Bonchev–Trinajstić information content (AvgIpc) is 3.33. The van der Waals surface area contributed by atoms with Gasteiger partial charge in [0.1, 0.15) is 24.4 Å². The molecular weight excluding hydrogens is 839 g/mol. The number of hydrogen-bond donors (Lipinski definition) is 6. The SMILES string of the molecule is CCCCC/C=C\CCCCCCCC(=O)NC(COC1OC(CO)C(O)C(O)C1O)C(O)/C=C/CC/C=C/CC/C=C/CCCCCCCCCCCCCCCCCCCCCCCC. The van der Waals surface area contributed by atoms with Gasteiger partial charge in [-0.3, -0.25) is 4.79 Å². The Bertz CT molecular complexity index is 1190. The predicted molar refractivity (Wildman–Crippen MR) is 281 cm³/mol. The van der Waals surface area contributed by atoms with Gasteiger partial charge in [-0.1, -0.05) is 229 Å². The largest absolute Gasteiger partial charge is 0.394 e. The van der Waals surface area contributed by atoms with E-state index in [1.54, 1.807) is 6.08 Å². The van der Waals surface area contributed by atoms with E-state index in [1.165, 1.54) is 167 Å². The van der Waals surface area contributed by atoms with E-state index in [0.717, 1.165) is 70.6 Å². The highest BCUT2D eigenvalue weighted by atomic mass is 16.7. The van der Waals surface area contributed by atoms with Crippen molar-refractivity contribution in [1.29, 1.82) is 0 Å². The summed E-state index contributed by atoms with van der Waals surface area (Å²) >= 11 is 0. The molecule has 9 nitrogen and oxygen atoms in total. The molecule has 1 aliphatic heterocycles. The highest BCUT2D eigenvalue weighted by Crippen LogP contribution is 2.23. The van der Waals surface area contributed by atoms with Crippen molar-refractivity contribution < 1.29 is 39.8 Å². The third-order valence-electron chi connectivity index (χ3n) is 13.4. The van der Waals surface area contributed by atoms with Crippen molar-refractivity contribution in [3.05, 3.63) is 48.6 Å². The van der Waals surface area contributed by atoms with Crippen molar-refractivity contribution in [1.82, 2.24) is 5.32 Å². The Morgan fingerprint density at radius 2 is 0.851 bits per heavy atom. The average molecular weight is 946 g/mol. The van der Waals surface area contributed by atoms with Crippen LogP contribution in [0, 0.1) is 0 Å². The molecule has 0 aromatic carbocycles. The quantitative estimate of drug-likeness (QED) is 0.0261. The van der Waals surface area contributed by atoms with Gasteiger partial charge in [-0.2, -0.15) is 0 Å². The molecule has 0 spiro atoms. The van der Waals surface area contributed by atoms with Crippen LogP contribution in [0.15, 0.2) is 48.6 Å². The summed E-state index contributed by atoms with van der Waals surface area (Å²) in [6.07, 6.45) is 56.3. The Kier molecular flexibility index (Phi) is 45.1. The molecule has 7 unspecified atom stereocenters. The van der Waals surface area contributed by atoms with Crippen LogP contribution >= 0.6 is 0 Å². The molecule has 0 bridgehead atoms. The third-order valence-corrected chi connectivity index (χ3v) is 13.4. The van der Waals surface area contributed by atoms with Gasteiger partial charge in [0.2, 0.25) is 5.91 Å². The minimum Gasteiger partial charge on any atom is -0.394 e. The van der Waals surface area contributed by atoms with Gasteiger partial charge in [0.05, 0.1) is 25.4 Å². The molecule has 7 atom stereocenters. The van der Waals surface area contributed by atoms with E-state index in [-0.39, 0.29) is 12.5 Å². The third kappa shape index (κ3) is 37.6. The number of hydrogen-bond acceptors (Lipinski definition) is 8. The number of nitrogens with one attached hydrogen (secondary N) is 1. The van der Waals surface area contributed by atoms with Crippen LogP contribution < -0.4 is 5.32 Å². The van der Waals surface area contributed by atoms with E-state index >= 15 is 0 Å². The summed E-state index contributed by atoms with van der Waals surface area (Å²) in [5.41, 5.74) is 0. The van der Waals surface area contributed by atoms with Gasteiger partial charge in [0.15, 0.2) is 6.29 Å². The second kappa shape index (κ2) is 47.8. The van der Waals surface area contributed by atoms with Crippen LogP contribution in [0.5, 0.6) is 0 Å². The Morgan fingerprint density at radius 1 is 0.493 bits per heavy atom. The minimum absolute atomic E-state index is 0.201. The van der Waals surface area contributed by atoms with Gasteiger partial charge in [0, 0.05) is 6.42 Å². The van der Waals surface area contributed by atoms with Gasteiger partial charge in [-0.15, -0.1) is 0 Å². The zero-order valence-electron chi connectivity index (χ0n) is 43.4. The fourth-order valence-electron chi connectivity index (χ4n) is 8.83. The van der Waals surface area contributed by atoms with E-state index in [1.807, 2.05) is 6.08 Å². The summed E-state index contributed by atoms with van der Waals surface area (Å²) in [6.45, 7) is 3.73. The molecule has 67 heavy (non-hydrogen) atoms. The van der Waals surface area contributed by atoms with Gasteiger partial charge in [-0.05, 0) is 70.6 Å². The van der Waals surface area contributed by atoms with Crippen molar-refractivity contribution in [3.63, 3.8) is 0 Å². The lowest BCUT2D eigenvalue weighted by Crippen LogP contribution is -2.60. The Hall–Kier alpha value is -1.85. The first-order chi connectivity index (χ1) is 32.8. The summed E-state index contributed by atoms with van der Waals surface area (Å²) in [7, 11) is 0. The lowest BCUT2D eigenvalue weighted by Gasteiger charge is -2.40. The molecule has 0 saturated carbocycles. The first kappa shape index (κ1) is 63.2. The summed E-state index contributed by atoms with van der Waals surface area (Å²) in [6, 6.07) is -0.832. The molecule has 1 fully saturated rings. The maximum atomic E-state index is 13.0. The molecule has 1 heterocycles. The van der Waals surface area contributed by atoms with Crippen molar-refractivity contribution in [2.24, 2.45) is 0 Å². The topological polar surface area (TPSA) is 149 Å². The van der Waals surface area contributed by atoms with Crippen LogP contribution in [0.2, 0.25) is 0 Å². The van der Waals surface area contributed by atoms with Gasteiger partial charge in [0.25, 0.3) is 0 Å². The van der Waals surface area contributed by atoms with Crippen LogP contribution in [0.1, 0.15) is 258 Å². The van der Waals surface area contributed by atoms with Crippen molar-refractivity contribution in [2.45, 2.75) is 301 Å². The molecule has 9 heteroatoms. The molecule has 1 amide bonds. The molecular formula is C58H107NO8. The van der Waals surface area contributed by atoms with E-state index < -0.39 is 49.5 Å². The summed E-state index contributed by atoms with van der Waals surface area (Å²) in [4.78, 5) is 13.0. The highest BCUT2D eigenvalue weighted by Gasteiger charge is 2.44. The zero-order valence-corrected chi connectivity index (χ0v) is 43.4. The van der Waals surface area contributed by atoms with Crippen LogP contribution in [0.25, 0.3) is 0 Å². The zero-order chi connectivity index (χ0) is 48.7. The molecule has 0 aromatic rings. The monoisotopic (exact) mass is 946 g/mol. The molecule has 0 aliphatic carbocycles. The minimum atomic E-state index is -1.58. The van der Waals surface area contributed by atoms with Crippen molar-refractivity contribution in [2.75, 3.05) is 13.2 Å². The van der Waals surface area contributed by atoms with Crippen molar-refractivity contribution in [3.8, 4) is 0 Å². The predicted octanol–water partition coefficient (Wildman–Crippen LogP) is 13.7. The smallest absolute Gasteiger partial charge is 0.220 e. The fourth-order valence-corrected chi connectivity index (χ4v) is 8.83. The summed E-state index contributed by atoms with van der Waals surface area (Å²) in [5, 5.41) is 54.3. The molecule has 1 aliphatic rings. The van der Waals surface area contributed by atoms with E-state index in [0.29, 0.717) is 6.42 Å². The number of ether oxygens (including phenoxy) is 2. The van der Waals surface area contributed by atoms with E-state index in [4.69, 9.17) is 9.47 Å². The fraction of sp³-hybridized carbons (Fsp3) is 0.845. The van der Waals surface area contributed by atoms with Gasteiger partial charge < -0.3 is 40.3 Å². The van der Waals surface area contributed by atoms with Crippen LogP contribution in [0.3, 0.4) is 0 Å². The van der Waals surface area contributed by atoms with Gasteiger partial charge in [-0.25, -0.2) is 0 Å². The number of aliphatic hydroxyl groups is 5. The van der Waals surface area contributed by atoms with Crippen molar-refractivity contribution >= 4 is 5.91 Å². The standard InChI is InChI=1S/C58H107NO8/c1-3-5-7-9-11-13-15-17-18-19-20-21-22-23-24-25-26-27-28-29-30-31-32-33-34-35-36-37-39-41-43-45-47-52(61)51(50-66-58-57(65)56(64)55(63)53(49-60)67-58)59-54(62)48-46-44-42-40-38-16-14-12-10-8-6-4-2/h12,14,33-34,37,39,45,47,51-53,55-58,60-61,63-65H,3-11,13,15-32,35-36,38,40-44,46,48-50H2,1-2H3,(H,59,62)/b14-12-,34-33+,39-37+,47-45+. The number of carbonyl (C=O) groups excluding carboxylic acids is 1. The number of carbonyl (C=O) groups is 1. The Labute approximate surface area is 412 Å². The number of allylic oxidation sites excluding steroid dienone is 7. The Morgan fingerprint density at radius 3 is 1.28 bits per heavy atom. The number of unbranched alkanes of at least 4 members (excludes halogenated alkanes) is 32. The summed E-state index contributed by atoms with van der Waals surface area (Å²) < 4.78 is 11.2. The normalized spacial score (nSPS) is 20.0. The first-order valence-electron chi connectivity index (χ1n) is 28.4. The highest BCUT2D eigenvalue weighted by molar-refractivity contribution is 5.76. The number of rotatable bonds is 48. The molecule has 1 saturated heterocycles. The lowest BCUT2D eigenvalue weighted by molar-refractivity contribution is -0.302. The number of aliphatic hydroxyl groups excluding tert-OH is 5. The lowest BCUT2D eigenvalue weighted by atomic mass is 9.99.